The van der Waals surface area contributed by atoms with Crippen LogP contribution in [-0.4, -0.2) is 71.6 Å². The molecule has 0 aliphatic rings. The maximum atomic E-state index is 13.2. The van der Waals surface area contributed by atoms with Crippen molar-refractivity contribution in [1.82, 2.24) is 19.9 Å². The number of carbonyl (C=O) groups is 1. The van der Waals surface area contributed by atoms with Crippen LogP contribution in [0.1, 0.15) is 23.1 Å². The van der Waals surface area contributed by atoms with Crippen molar-refractivity contribution in [3.05, 3.63) is 66.9 Å². The van der Waals surface area contributed by atoms with Gasteiger partial charge in [0.1, 0.15) is 11.4 Å². The molecule has 0 atom stereocenters. The molecule has 9 nitrogen and oxygen atoms in total. The van der Waals surface area contributed by atoms with Crippen LogP contribution < -0.4 is 15.4 Å². The summed E-state index contributed by atoms with van der Waals surface area (Å²) in [5, 5.41) is 6.02. The van der Waals surface area contributed by atoms with Crippen molar-refractivity contribution in [2.75, 3.05) is 45.9 Å². The standard InChI is InChI=1S/C23H29N7O2/c1-8-9-10-11-16(2)17-15-25-21(28-23(29(3)4)30(5)6)20(26-17)22(31)27-18-14-24-13-12-19(18)32-7/h8-15H,1H2,2-7H3,(H,27,31)/p+1/b10-9-,16-11+. The molecule has 0 aliphatic carbocycles. The minimum Gasteiger partial charge on any atom is -0.494 e. The molecular weight excluding hydrogens is 406 g/mol. The van der Waals surface area contributed by atoms with Crippen LogP contribution in [0, 0.1) is 0 Å². The Morgan fingerprint density at radius 1 is 1.22 bits per heavy atom. The molecule has 2 aromatic rings. The van der Waals surface area contributed by atoms with E-state index in [2.05, 4.69) is 32.2 Å². The number of anilines is 2. The Morgan fingerprint density at radius 2 is 1.97 bits per heavy atom. The smallest absolute Gasteiger partial charge is 0.353 e. The first kappa shape index (κ1) is 24.3. The molecule has 0 spiro atoms. The van der Waals surface area contributed by atoms with Crippen LogP contribution in [0.5, 0.6) is 5.75 Å². The van der Waals surface area contributed by atoms with E-state index in [0.717, 1.165) is 11.5 Å². The summed E-state index contributed by atoms with van der Waals surface area (Å²) in [5.41, 5.74) is 1.99. The third-order valence-corrected chi connectivity index (χ3v) is 4.31. The highest BCUT2D eigenvalue weighted by Crippen LogP contribution is 2.24. The fourth-order valence-corrected chi connectivity index (χ4v) is 2.76. The average molecular weight is 437 g/mol. The molecule has 2 aromatic heterocycles. The van der Waals surface area contributed by atoms with Crippen molar-refractivity contribution in [3.63, 3.8) is 0 Å². The number of aromatic nitrogens is 3. The van der Waals surface area contributed by atoms with Gasteiger partial charge in [-0.1, -0.05) is 30.9 Å². The highest BCUT2D eigenvalue weighted by Gasteiger charge is 2.23. The lowest BCUT2D eigenvalue weighted by molar-refractivity contribution is -0.469. The van der Waals surface area contributed by atoms with Gasteiger partial charge in [0.05, 0.1) is 53.4 Å². The predicted molar refractivity (Wildman–Crippen MR) is 128 cm³/mol. The van der Waals surface area contributed by atoms with Gasteiger partial charge in [-0.15, -0.1) is 0 Å². The molecule has 0 aliphatic heterocycles. The molecule has 9 heteroatoms. The summed E-state index contributed by atoms with van der Waals surface area (Å²) in [5.74, 6) is 1.10. The largest absolute Gasteiger partial charge is 0.494 e. The molecule has 0 radical (unpaired) electrons. The normalized spacial score (nSPS) is 11.1. The molecule has 2 heterocycles. The Kier molecular flexibility index (Phi) is 8.64. The van der Waals surface area contributed by atoms with E-state index in [9.17, 15) is 4.79 Å². The van der Waals surface area contributed by atoms with Gasteiger partial charge in [-0.3, -0.25) is 19.3 Å². The van der Waals surface area contributed by atoms with E-state index in [1.807, 2.05) is 62.8 Å². The number of carbonyl (C=O) groups excluding carboxylic acids is 1. The van der Waals surface area contributed by atoms with Gasteiger partial charge in [-0.25, -0.2) is 15.3 Å². The third kappa shape index (κ3) is 6.24. The Balaban J connectivity index is 2.53. The van der Waals surface area contributed by atoms with Crippen molar-refractivity contribution in [2.45, 2.75) is 6.92 Å². The first-order valence-electron chi connectivity index (χ1n) is 9.89. The third-order valence-electron chi connectivity index (χ3n) is 4.31. The number of rotatable bonds is 7. The molecule has 0 fully saturated rings. The first-order chi connectivity index (χ1) is 15.3. The second kappa shape index (κ2) is 11.4. The molecule has 0 unspecified atom stereocenters. The topological polar surface area (TPSA) is 95.3 Å². The fourth-order valence-electron chi connectivity index (χ4n) is 2.76. The SMILES string of the molecule is C=C/C=C\C=C(/C)c1cnc(NC(N(C)C)=[N+](C)C)c(C(=O)Nc2cnccc2OC)n1. The van der Waals surface area contributed by atoms with E-state index < -0.39 is 5.91 Å². The number of pyridine rings is 1. The van der Waals surface area contributed by atoms with Crippen molar-refractivity contribution >= 4 is 28.9 Å². The van der Waals surface area contributed by atoms with E-state index in [4.69, 9.17) is 4.74 Å². The highest BCUT2D eigenvalue weighted by atomic mass is 16.5. The summed E-state index contributed by atoms with van der Waals surface area (Å²) in [6.45, 7) is 5.55. The fraction of sp³-hybridized carbons (Fsp3) is 0.261. The molecule has 0 saturated carbocycles. The monoisotopic (exact) mass is 436 g/mol. The Hall–Kier alpha value is -4.01. The predicted octanol–water partition coefficient (Wildman–Crippen LogP) is 2.88. The summed E-state index contributed by atoms with van der Waals surface area (Å²) < 4.78 is 7.19. The second-order valence-electron chi connectivity index (χ2n) is 7.19. The number of nitrogens with one attached hydrogen (secondary N) is 2. The maximum absolute atomic E-state index is 13.2. The van der Waals surface area contributed by atoms with Crippen LogP contribution in [0.15, 0.2) is 55.5 Å². The zero-order valence-electron chi connectivity index (χ0n) is 19.4. The van der Waals surface area contributed by atoms with Gasteiger partial charge in [-0.2, -0.15) is 0 Å². The van der Waals surface area contributed by atoms with Gasteiger partial charge in [-0.05, 0) is 12.5 Å². The van der Waals surface area contributed by atoms with Gasteiger partial charge in [0.25, 0.3) is 5.91 Å². The minimum absolute atomic E-state index is 0.134. The van der Waals surface area contributed by atoms with Crippen LogP contribution in [0.3, 0.4) is 0 Å². The van der Waals surface area contributed by atoms with E-state index in [1.54, 1.807) is 24.5 Å². The van der Waals surface area contributed by atoms with Gasteiger partial charge >= 0.3 is 5.96 Å². The Bertz CT molecular complexity index is 1070. The van der Waals surface area contributed by atoms with Gasteiger partial charge in [0.15, 0.2) is 5.69 Å². The molecule has 168 valence electrons. The summed E-state index contributed by atoms with van der Waals surface area (Å²) in [4.78, 5) is 28.3. The lowest BCUT2D eigenvalue weighted by Gasteiger charge is -2.15. The Morgan fingerprint density at radius 3 is 2.59 bits per heavy atom. The van der Waals surface area contributed by atoms with Gasteiger partial charge in [0.2, 0.25) is 5.82 Å². The number of nitrogens with zero attached hydrogens (tertiary/aromatic N) is 5. The van der Waals surface area contributed by atoms with Crippen LogP contribution >= 0.6 is 0 Å². The maximum Gasteiger partial charge on any atom is 0.353 e. The number of methoxy groups -OCH3 is 1. The van der Waals surface area contributed by atoms with Crippen molar-refractivity contribution in [3.8, 4) is 5.75 Å². The second-order valence-corrected chi connectivity index (χ2v) is 7.19. The van der Waals surface area contributed by atoms with E-state index >= 15 is 0 Å². The lowest BCUT2D eigenvalue weighted by atomic mass is 10.2. The molecule has 0 saturated heterocycles. The minimum atomic E-state index is -0.445. The average Bonchev–Trinajstić information content (AvgIpc) is 2.77. The van der Waals surface area contributed by atoms with Crippen LogP contribution in [0.4, 0.5) is 11.5 Å². The molecule has 0 aromatic carbocycles. The zero-order valence-corrected chi connectivity index (χ0v) is 19.4. The number of guanidine groups is 1. The van der Waals surface area contributed by atoms with E-state index in [0.29, 0.717) is 22.9 Å². The van der Waals surface area contributed by atoms with Crippen molar-refractivity contribution < 1.29 is 14.1 Å². The van der Waals surface area contributed by atoms with Gasteiger partial charge < -0.3 is 10.1 Å². The molecule has 1 amide bonds. The zero-order chi connectivity index (χ0) is 23.7. The first-order valence-corrected chi connectivity index (χ1v) is 9.89. The number of hydrogen-bond acceptors (Lipinski definition) is 5. The number of hydrogen-bond donors (Lipinski definition) is 2. The van der Waals surface area contributed by atoms with Crippen LogP contribution in [-0.2, 0) is 0 Å². The van der Waals surface area contributed by atoms with E-state index in [-0.39, 0.29) is 5.69 Å². The number of ether oxygens (including phenoxy) is 1. The molecule has 2 rings (SSSR count). The van der Waals surface area contributed by atoms with Crippen molar-refractivity contribution in [1.29, 1.82) is 0 Å². The Labute approximate surface area is 188 Å². The summed E-state index contributed by atoms with van der Waals surface area (Å²) in [7, 11) is 9.09. The molecular formula is C23H30N7O2+. The number of allylic oxidation sites excluding steroid dienone is 5. The van der Waals surface area contributed by atoms with Crippen LogP contribution in [0.2, 0.25) is 0 Å². The summed E-state index contributed by atoms with van der Waals surface area (Å²) in [6.07, 6.45) is 11.9. The lowest BCUT2D eigenvalue weighted by Crippen LogP contribution is -2.37. The molecule has 0 bridgehead atoms. The molecule has 32 heavy (non-hydrogen) atoms. The van der Waals surface area contributed by atoms with E-state index in [1.165, 1.54) is 13.3 Å². The van der Waals surface area contributed by atoms with Gasteiger partial charge in [0, 0.05) is 12.3 Å². The summed E-state index contributed by atoms with van der Waals surface area (Å²) >= 11 is 0. The van der Waals surface area contributed by atoms with Crippen molar-refractivity contribution in [2.24, 2.45) is 0 Å². The number of amides is 1. The highest BCUT2D eigenvalue weighted by molar-refractivity contribution is 6.08. The summed E-state index contributed by atoms with van der Waals surface area (Å²) in [6, 6.07) is 1.67. The quantitative estimate of drug-likeness (QED) is 0.298. The molecule has 2 N–H and O–H groups in total. The van der Waals surface area contributed by atoms with Crippen LogP contribution in [0.25, 0.3) is 5.57 Å².